The molecule has 1 aromatic carbocycles. The number of rotatable bonds is 4. The molecule has 1 aromatic rings. The van der Waals surface area contributed by atoms with Gasteiger partial charge in [-0.15, -0.1) is 0 Å². The minimum Gasteiger partial charge on any atom is -0.381 e. The maximum Gasteiger partial charge on any atom is 0.0583 e. The fourth-order valence-electron chi connectivity index (χ4n) is 1.49. The lowest BCUT2D eigenvalue weighted by atomic mass is 9.99. The fourth-order valence-corrected chi connectivity index (χ4v) is 1.49. The van der Waals surface area contributed by atoms with Crippen molar-refractivity contribution in [3.8, 4) is 0 Å². The van der Waals surface area contributed by atoms with Gasteiger partial charge in [0.25, 0.3) is 0 Å². The minimum atomic E-state index is 0.303. The zero-order valence-electron chi connectivity index (χ0n) is 9.58. The van der Waals surface area contributed by atoms with E-state index in [9.17, 15) is 0 Å². The van der Waals surface area contributed by atoms with E-state index in [4.69, 9.17) is 4.74 Å². The van der Waals surface area contributed by atoms with Crippen LogP contribution in [0.15, 0.2) is 24.3 Å². The molecule has 0 aliphatic carbocycles. The third kappa shape index (κ3) is 3.15. The first-order chi connectivity index (χ1) is 6.63. The third-order valence-electron chi connectivity index (χ3n) is 2.54. The zero-order valence-corrected chi connectivity index (χ0v) is 9.58. The van der Waals surface area contributed by atoms with Crippen molar-refractivity contribution in [3.63, 3.8) is 0 Å². The number of hydrogen-bond acceptors (Lipinski definition) is 1. The van der Waals surface area contributed by atoms with Crippen molar-refractivity contribution in [2.75, 3.05) is 7.11 Å². The van der Waals surface area contributed by atoms with Crippen LogP contribution in [-0.2, 0) is 11.2 Å². The predicted octanol–water partition coefficient (Wildman–Crippen LogP) is 3.39. The van der Waals surface area contributed by atoms with E-state index >= 15 is 0 Å². The summed E-state index contributed by atoms with van der Waals surface area (Å²) in [4.78, 5) is 0. The highest BCUT2D eigenvalue weighted by Gasteiger charge is 2.04. The normalized spacial score (nSPS) is 13.2. The highest BCUT2D eigenvalue weighted by Crippen LogP contribution is 2.16. The molecule has 1 atom stereocenters. The van der Waals surface area contributed by atoms with Crippen molar-refractivity contribution in [1.29, 1.82) is 0 Å². The number of benzene rings is 1. The van der Waals surface area contributed by atoms with Gasteiger partial charge in [-0.2, -0.15) is 0 Å². The first-order valence-electron chi connectivity index (χ1n) is 5.25. The van der Waals surface area contributed by atoms with Crippen LogP contribution in [0.5, 0.6) is 0 Å². The number of ether oxygens (including phenoxy) is 1. The lowest BCUT2D eigenvalue weighted by molar-refractivity contribution is 0.119. The van der Waals surface area contributed by atoms with Gasteiger partial charge in [-0.1, -0.05) is 38.1 Å². The minimum absolute atomic E-state index is 0.303. The molecule has 0 bridgehead atoms. The summed E-state index contributed by atoms with van der Waals surface area (Å²) in [6.07, 6.45) is 1.30. The molecule has 0 saturated carbocycles. The molecule has 14 heavy (non-hydrogen) atoms. The molecule has 1 nitrogen and oxygen atoms in total. The van der Waals surface area contributed by atoms with E-state index < -0.39 is 0 Å². The Hall–Kier alpha value is -0.820. The molecule has 78 valence electrons. The van der Waals surface area contributed by atoms with Gasteiger partial charge in [0.15, 0.2) is 0 Å². The highest BCUT2D eigenvalue weighted by molar-refractivity contribution is 5.26. The van der Waals surface area contributed by atoms with Gasteiger partial charge in [-0.05, 0) is 30.4 Å². The summed E-state index contributed by atoms with van der Waals surface area (Å²) in [5.41, 5.74) is 2.77. The van der Waals surface area contributed by atoms with Crippen molar-refractivity contribution in [2.24, 2.45) is 0 Å². The van der Waals surface area contributed by atoms with Crippen LogP contribution in [0.25, 0.3) is 0 Å². The molecular formula is C13H20O. The van der Waals surface area contributed by atoms with E-state index in [-0.39, 0.29) is 0 Å². The number of hydrogen-bond donors (Lipinski definition) is 0. The first-order valence-corrected chi connectivity index (χ1v) is 5.25. The van der Waals surface area contributed by atoms with Crippen LogP contribution in [-0.4, -0.2) is 13.2 Å². The average molecular weight is 192 g/mol. The van der Waals surface area contributed by atoms with Gasteiger partial charge in [0.2, 0.25) is 0 Å². The van der Waals surface area contributed by atoms with Crippen LogP contribution in [0.1, 0.15) is 37.8 Å². The Morgan fingerprint density at radius 1 is 1.21 bits per heavy atom. The summed E-state index contributed by atoms with van der Waals surface area (Å²) < 4.78 is 5.25. The highest BCUT2D eigenvalue weighted by atomic mass is 16.5. The van der Waals surface area contributed by atoms with Gasteiger partial charge in [0.05, 0.1) is 6.10 Å². The Balaban J connectivity index is 2.73. The molecule has 0 spiro atoms. The molecule has 0 heterocycles. The lowest BCUT2D eigenvalue weighted by Crippen LogP contribution is -2.08. The van der Waals surface area contributed by atoms with Crippen molar-refractivity contribution < 1.29 is 4.74 Å². The van der Waals surface area contributed by atoms with Gasteiger partial charge in [0.1, 0.15) is 0 Å². The van der Waals surface area contributed by atoms with Crippen LogP contribution < -0.4 is 0 Å². The van der Waals surface area contributed by atoms with E-state index in [1.807, 2.05) is 0 Å². The van der Waals surface area contributed by atoms with Crippen LogP contribution in [0, 0.1) is 0 Å². The maximum absolute atomic E-state index is 5.25. The quantitative estimate of drug-likeness (QED) is 0.710. The molecule has 0 saturated heterocycles. The molecule has 0 aliphatic heterocycles. The molecule has 1 rings (SSSR count). The van der Waals surface area contributed by atoms with Crippen molar-refractivity contribution in [2.45, 2.75) is 39.2 Å². The van der Waals surface area contributed by atoms with E-state index in [0.29, 0.717) is 12.0 Å². The average Bonchev–Trinajstić information content (AvgIpc) is 2.18. The Bertz CT molecular complexity index is 278. The molecule has 0 radical (unpaired) electrons. The smallest absolute Gasteiger partial charge is 0.0583 e. The Kier molecular flexibility index (Phi) is 4.15. The topological polar surface area (TPSA) is 9.23 Å². The first kappa shape index (κ1) is 11.3. The second-order valence-electron chi connectivity index (χ2n) is 4.15. The van der Waals surface area contributed by atoms with Crippen LogP contribution in [0.4, 0.5) is 0 Å². The number of methoxy groups -OCH3 is 1. The fraction of sp³-hybridized carbons (Fsp3) is 0.538. The third-order valence-corrected chi connectivity index (χ3v) is 2.54. The van der Waals surface area contributed by atoms with E-state index in [1.54, 1.807) is 7.11 Å². The molecule has 1 unspecified atom stereocenters. The van der Waals surface area contributed by atoms with Crippen molar-refractivity contribution in [3.05, 3.63) is 35.4 Å². The zero-order chi connectivity index (χ0) is 10.6. The second-order valence-corrected chi connectivity index (χ2v) is 4.15. The monoisotopic (exact) mass is 192 g/mol. The summed E-state index contributed by atoms with van der Waals surface area (Å²) in [5, 5.41) is 0. The molecule has 0 aromatic heterocycles. The van der Waals surface area contributed by atoms with Crippen LogP contribution in [0.2, 0.25) is 0 Å². The lowest BCUT2D eigenvalue weighted by Gasteiger charge is -2.11. The Labute approximate surface area is 87.1 Å². The molecule has 0 N–H and O–H groups in total. The van der Waals surface area contributed by atoms with Crippen LogP contribution >= 0.6 is 0 Å². The van der Waals surface area contributed by atoms with Gasteiger partial charge >= 0.3 is 0 Å². The van der Waals surface area contributed by atoms with Gasteiger partial charge in [0, 0.05) is 7.11 Å². The molecule has 0 aliphatic rings. The second kappa shape index (κ2) is 5.16. The molecule has 0 amide bonds. The summed E-state index contributed by atoms with van der Waals surface area (Å²) in [7, 11) is 1.76. The van der Waals surface area contributed by atoms with E-state index in [2.05, 4.69) is 45.0 Å². The van der Waals surface area contributed by atoms with Gasteiger partial charge < -0.3 is 4.74 Å². The molecular weight excluding hydrogens is 172 g/mol. The van der Waals surface area contributed by atoms with Crippen molar-refractivity contribution >= 4 is 0 Å². The summed E-state index contributed by atoms with van der Waals surface area (Å²) >= 11 is 0. The Morgan fingerprint density at radius 3 is 2.50 bits per heavy atom. The van der Waals surface area contributed by atoms with Gasteiger partial charge in [-0.3, -0.25) is 0 Å². The Morgan fingerprint density at radius 2 is 1.93 bits per heavy atom. The summed E-state index contributed by atoms with van der Waals surface area (Å²) in [5.74, 6) is 0.604. The largest absolute Gasteiger partial charge is 0.381 e. The molecule has 0 fully saturated rings. The van der Waals surface area contributed by atoms with Gasteiger partial charge in [-0.25, -0.2) is 0 Å². The molecule has 1 heteroatoms. The maximum atomic E-state index is 5.25. The standard InChI is InChI=1S/C13H20O/c1-10(2)13-7-5-6-12(9-13)8-11(3)14-4/h5-7,9-11H,8H2,1-4H3. The summed E-state index contributed by atoms with van der Waals surface area (Å²) in [6.45, 7) is 6.54. The summed E-state index contributed by atoms with van der Waals surface area (Å²) in [6, 6.07) is 8.76. The van der Waals surface area contributed by atoms with E-state index in [0.717, 1.165) is 6.42 Å². The predicted molar refractivity (Wildman–Crippen MR) is 60.7 cm³/mol. The SMILES string of the molecule is COC(C)Cc1cccc(C(C)C)c1. The van der Waals surface area contributed by atoms with E-state index in [1.165, 1.54) is 11.1 Å². The van der Waals surface area contributed by atoms with Crippen molar-refractivity contribution in [1.82, 2.24) is 0 Å². The van der Waals surface area contributed by atoms with Crippen LogP contribution in [0.3, 0.4) is 0 Å².